The van der Waals surface area contributed by atoms with Crippen molar-refractivity contribution in [3.05, 3.63) is 30.6 Å². The lowest BCUT2D eigenvalue weighted by Crippen LogP contribution is -2.38. The molecule has 1 aromatic carbocycles. The molecule has 2 aromatic rings. The van der Waals surface area contributed by atoms with Crippen LogP contribution in [0.5, 0.6) is 0 Å². The Kier molecular flexibility index (Phi) is 7.68. The summed E-state index contributed by atoms with van der Waals surface area (Å²) in [7, 11) is 0. The van der Waals surface area contributed by atoms with Gasteiger partial charge in [-0.2, -0.15) is 4.98 Å². The number of hydrogen-bond acceptors (Lipinski definition) is 8. The summed E-state index contributed by atoms with van der Waals surface area (Å²) in [6.45, 7) is 11.0. The van der Waals surface area contributed by atoms with Gasteiger partial charge in [0.15, 0.2) is 0 Å². The third-order valence-electron chi connectivity index (χ3n) is 3.73. The van der Waals surface area contributed by atoms with Gasteiger partial charge in [-0.05, 0) is 57.4 Å². The molecule has 9 nitrogen and oxygen atoms in total. The van der Waals surface area contributed by atoms with Gasteiger partial charge in [0.2, 0.25) is 17.8 Å². The molecule has 0 saturated carbocycles. The Bertz CT molecular complexity index is 862. The number of carbonyl (C=O) groups excluding carboxylic acids is 2. The molecule has 0 radical (unpaired) electrons. The van der Waals surface area contributed by atoms with Crippen molar-refractivity contribution in [1.82, 2.24) is 15.0 Å². The van der Waals surface area contributed by atoms with E-state index in [-0.39, 0.29) is 23.7 Å². The van der Waals surface area contributed by atoms with Crippen LogP contribution in [0.15, 0.2) is 30.6 Å². The maximum Gasteiger partial charge on any atom is 0.329 e. The molecule has 1 atom stereocenters. The Morgan fingerprint density at radius 1 is 1.03 bits per heavy atom. The first kappa shape index (κ1) is 23.1. The van der Waals surface area contributed by atoms with Crippen LogP contribution < -0.4 is 16.0 Å². The molecule has 2 rings (SSSR count). The minimum atomic E-state index is -0.580. The first-order chi connectivity index (χ1) is 14.0. The lowest BCUT2D eigenvalue weighted by atomic mass is 10.0. The first-order valence-corrected chi connectivity index (χ1v) is 9.85. The molecular formula is C21H30N6O3. The predicted molar refractivity (Wildman–Crippen MR) is 117 cm³/mol. The fraction of sp³-hybridized carbons (Fsp3) is 0.476. The van der Waals surface area contributed by atoms with E-state index in [9.17, 15) is 9.59 Å². The molecule has 1 heterocycles. The molecule has 0 fully saturated rings. The molecule has 0 aliphatic heterocycles. The van der Waals surface area contributed by atoms with E-state index in [2.05, 4.69) is 30.9 Å². The van der Waals surface area contributed by atoms with Crippen LogP contribution >= 0.6 is 0 Å². The van der Waals surface area contributed by atoms with Gasteiger partial charge in [0.1, 0.15) is 18.0 Å². The summed E-state index contributed by atoms with van der Waals surface area (Å²) in [4.78, 5) is 36.3. The molecule has 1 amide bonds. The quantitative estimate of drug-likeness (QED) is 0.559. The SMILES string of the molecule is CC(=O)Nc1ccc(Nc2ncnc(N[C@H](CC(C)C)C(=O)OC(C)(C)C)n2)cc1. The minimum Gasteiger partial charge on any atom is -0.458 e. The van der Waals surface area contributed by atoms with Gasteiger partial charge in [-0.25, -0.2) is 14.8 Å². The summed E-state index contributed by atoms with van der Waals surface area (Å²) in [5.41, 5.74) is 0.857. The number of nitrogens with one attached hydrogen (secondary N) is 3. The summed E-state index contributed by atoms with van der Waals surface area (Å²) in [6.07, 6.45) is 1.94. The standard InChI is InChI=1S/C21H30N6O3/c1-13(2)11-17(18(29)30-21(4,5)6)26-20-23-12-22-19(27-20)25-16-9-7-15(8-10-16)24-14(3)28/h7-10,12-13,17H,11H2,1-6H3,(H,24,28)(H2,22,23,25,26,27)/t17-/m1/s1. The summed E-state index contributed by atoms with van der Waals surface area (Å²) in [5, 5.41) is 8.85. The molecule has 0 saturated heterocycles. The molecule has 3 N–H and O–H groups in total. The van der Waals surface area contributed by atoms with Crippen molar-refractivity contribution in [1.29, 1.82) is 0 Å². The van der Waals surface area contributed by atoms with Gasteiger partial charge in [0.05, 0.1) is 0 Å². The van der Waals surface area contributed by atoms with Crippen LogP contribution in [0.4, 0.5) is 23.3 Å². The number of aromatic nitrogens is 3. The number of rotatable bonds is 8. The van der Waals surface area contributed by atoms with Gasteiger partial charge in [0.25, 0.3) is 0 Å². The van der Waals surface area contributed by atoms with Crippen molar-refractivity contribution in [3.8, 4) is 0 Å². The third kappa shape index (κ3) is 8.02. The lowest BCUT2D eigenvalue weighted by Gasteiger charge is -2.25. The maximum atomic E-state index is 12.6. The van der Waals surface area contributed by atoms with Crippen LogP contribution in [0.1, 0.15) is 48.0 Å². The number of amides is 1. The Morgan fingerprint density at radius 3 is 2.20 bits per heavy atom. The van der Waals surface area contributed by atoms with Crippen LogP contribution in [0.2, 0.25) is 0 Å². The number of ether oxygens (including phenoxy) is 1. The third-order valence-corrected chi connectivity index (χ3v) is 3.73. The van der Waals surface area contributed by atoms with Gasteiger partial charge in [-0.3, -0.25) is 4.79 Å². The highest BCUT2D eigenvalue weighted by Gasteiger charge is 2.26. The number of carbonyl (C=O) groups is 2. The summed E-state index contributed by atoms with van der Waals surface area (Å²) in [5.74, 6) is 0.396. The zero-order valence-electron chi connectivity index (χ0n) is 18.3. The van der Waals surface area contributed by atoms with E-state index < -0.39 is 11.6 Å². The summed E-state index contributed by atoms with van der Waals surface area (Å²) in [6, 6.07) is 6.56. The van der Waals surface area contributed by atoms with Gasteiger partial charge >= 0.3 is 5.97 Å². The van der Waals surface area contributed by atoms with E-state index >= 15 is 0 Å². The van der Waals surface area contributed by atoms with Crippen LogP contribution in [-0.4, -0.2) is 38.5 Å². The van der Waals surface area contributed by atoms with Crippen molar-refractivity contribution >= 4 is 35.1 Å². The van der Waals surface area contributed by atoms with Crippen LogP contribution in [-0.2, 0) is 14.3 Å². The zero-order valence-corrected chi connectivity index (χ0v) is 18.3. The second-order valence-electron chi connectivity index (χ2n) is 8.38. The number of nitrogens with zero attached hydrogens (tertiary/aromatic N) is 3. The van der Waals surface area contributed by atoms with Crippen molar-refractivity contribution in [2.24, 2.45) is 5.92 Å². The van der Waals surface area contributed by atoms with E-state index in [0.717, 1.165) is 5.69 Å². The molecule has 0 bridgehead atoms. The Hall–Kier alpha value is -3.23. The number of benzene rings is 1. The largest absolute Gasteiger partial charge is 0.458 e. The normalized spacial score (nSPS) is 12.2. The van der Waals surface area contributed by atoms with Crippen molar-refractivity contribution in [3.63, 3.8) is 0 Å². The van der Waals surface area contributed by atoms with Crippen LogP contribution in [0.25, 0.3) is 0 Å². The van der Waals surface area contributed by atoms with E-state index in [4.69, 9.17) is 4.74 Å². The fourth-order valence-corrected chi connectivity index (χ4v) is 2.61. The highest BCUT2D eigenvalue weighted by atomic mass is 16.6. The fourth-order valence-electron chi connectivity index (χ4n) is 2.61. The average molecular weight is 415 g/mol. The molecule has 0 spiro atoms. The Balaban J connectivity index is 2.10. The van der Waals surface area contributed by atoms with Crippen LogP contribution in [0, 0.1) is 5.92 Å². The highest BCUT2D eigenvalue weighted by Crippen LogP contribution is 2.19. The molecule has 0 aliphatic carbocycles. The monoisotopic (exact) mass is 414 g/mol. The maximum absolute atomic E-state index is 12.6. The van der Waals surface area contributed by atoms with E-state index in [1.54, 1.807) is 24.3 Å². The molecule has 1 aromatic heterocycles. The van der Waals surface area contributed by atoms with Gasteiger partial charge in [-0.15, -0.1) is 0 Å². The first-order valence-electron chi connectivity index (χ1n) is 9.85. The molecule has 0 aliphatic rings. The van der Waals surface area contributed by atoms with Crippen molar-refractivity contribution in [2.45, 2.75) is 59.6 Å². The lowest BCUT2D eigenvalue weighted by molar-refractivity contribution is -0.156. The van der Waals surface area contributed by atoms with Gasteiger partial charge < -0.3 is 20.7 Å². The zero-order chi connectivity index (χ0) is 22.3. The summed E-state index contributed by atoms with van der Waals surface area (Å²) < 4.78 is 5.52. The van der Waals surface area contributed by atoms with Crippen LogP contribution in [0.3, 0.4) is 0 Å². The molecule has 9 heteroatoms. The molecular weight excluding hydrogens is 384 g/mol. The number of esters is 1. The minimum absolute atomic E-state index is 0.134. The molecule has 30 heavy (non-hydrogen) atoms. The van der Waals surface area contributed by atoms with Gasteiger partial charge in [0, 0.05) is 18.3 Å². The number of hydrogen-bond donors (Lipinski definition) is 3. The average Bonchev–Trinajstić information content (AvgIpc) is 2.61. The number of anilines is 4. The predicted octanol–water partition coefficient (Wildman–Crippen LogP) is 3.74. The smallest absolute Gasteiger partial charge is 0.329 e. The second-order valence-corrected chi connectivity index (χ2v) is 8.38. The van der Waals surface area contributed by atoms with E-state index in [1.165, 1.54) is 13.3 Å². The Morgan fingerprint density at radius 2 is 1.63 bits per heavy atom. The van der Waals surface area contributed by atoms with E-state index in [0.29, 0.717) is 18.1 Å². The molecule has 0 unspecified atom stereocenters. The highest BCUT2D eigenvalue weighted by molar-refractivity contribution is 5.88. The summed E-state index contributed by atoms with van der Waals surface area (Å²) >= 11 is 0. The van der Waals surface area contributed by atoms with Gasteiger partial charge in [-0.1, -0.05) is 13.8 Å². The Labute approximate surface area is 177 Å². The molecule has 162 valence electrons. The second kappa shape index (κ2) is 10.00. The van der Waals surface area contributed by atoms with E-state index in [1.807, 2.05) is 34.6 Å². The van der Waals surface area contributed by atoms with Crippen molar-refractivity contribution < 1.29 is 14.3 Å². The van der Waals surface area contributed by atoms with Crippen molar-refractivity contribution in [2.75, 3.05) is 16.0 Å². The topological polar surface area (TPSA) is 118 Å².